The molecule has 0 spiro atoms. The molecule has 1 aromatic heterocycles. The Morgan fingerprint density at radius 2 is 2.00 bits per heavy atom. The normalized spacial score (nSPS) is 12.1. The SMILES string of the molecule is CC[C@H](COc1ccccn1)NCc1ccc(Cl)cc1. The molecule has 0 saturated heterocycles. The topological polar surface area (TPSA) is 34.1 Å². The zero-order chi connectivity index (χ0) is 14.2. The van der Waals surface area contributed by atoms with Crippen LogP contribution in [0.15, 0.2) is 48.7 Å². The van der Waals surface area contributed by atoms with Gasteiger partial charge in [0, 0.05) is 29.9 Å². The van der Waals surface area contributed by atoms with Gasteiger partial charge in [-0.1, -0.05) is 36.7 Å². The maximum atomic E-state index is 5.87. The van der Waals surface area contributed by atoms with Crippen molar-refractivity contribution in [2.45, 2.75) is 25.9 Å². The van der Waals surface area contributed by atoms with Gasteiger partial charge < -0.3 is 10.1 Å². The molecule has 0 amide bonds. The van der Waals surface area contributed by atoms with Crippen molar-refractivity contribution in [1.82, 2.24) is 10.3 Å². The van der Waals surface area contributed by atoms with Gasteiger partial charge in [0.25, 0.3) is 0 Å². The fourth-order valence-electron chi connectivity index (χ4n) is 1.80. The minimum Gasteiger partial charge on any atom is -0.476 e. The second kappa shape index (κ2) is 7.88. The van der Waals surface area contributed by atoms with Crippen molar-refractivity contribution in [3.8, 4) is 5.88 Å². The molecule has 1 N–H and O–H groups in total. The van der Waals surface area contributed by atoms with Crippen LogP contribution in [0.25, 0.3) is 0 Å². The van der Waals surface area contributed by atoms with Crippen molar-refractivity contribution >= 4 is 11.6 Å². The van der Waals surface area contributed by atoms with Crippen LogP contribution in [0.2, 0.25) is 5.02 Å². The van der Waals surface area contributed by atoms with Crippen molar-refractivity contribution in [1.29, 1.82) is 0 Å². The molecular formula is C16H19ClN2O. The number of rotatable bonds is 7. The molecule has 20 heavy (non-hydrogen) atoms. The summed E-state index contributed by atoms with van der Waals surface area (Å²) < 4.78 is 5.67. The molecule has 0 bridgehead atoms. The van der Waals surface area contributed by atoms with E-state index >= 15 is 0 Å². The van der Waals surface area contributed by atoms with Gasteiger partial charge >= 0.3 is 0 Å². The quantitative estimate of drug-likeness (QED) is 0.844. The van der Waals surface area contributed by atoms with Crippen molar-refractivity contribution < 1.29 is 4.74 Å². The van der Waals surface area contributed by atoms with Crippen LogP contribution in [-0.4, -0.2) is 17.6 Å². The average Bonchev–Trinajstić information content (AvgIpc) is 2.50. The van der Waals surface area contributed by atoms with E-state index in [2.05, 4.69) is 17.2 Å². The summed E-state index contributed by atoms with van der Waals surface area (Å²) >= 11 is 5.87. The molecule has 0 fully saturated rings. The number of pyridine rings is 1. The first-order valence-electron chi connectivity index (χ1n) is 6.79. The summed E-state index contributed by atoms with van der Waals surface area (Å²) in [7, 11) is 0. The van der Waals surface area contributed by atoms with Gasteiger partial charge in [-0.25, -0.2) is 4.98 Å². The first-order valence-corrected chi connectivity index (χ1v) is 7.17. The van der Waals surface area contributed by atoms with Gasteiger partial charge in [0.15, 0.2) is 0 Å². The van der Waals surface area contributed by atoms with Gasteiger partial charge in [-0.05, 0) is 30.2 Å². The predicted molar refractivity (Wildman–Crippen MR) is 82.1 cm³/mol. The number of hydrogen-bond donors (Lipinski definition) is 1. The predicted octanol–water partition coefficient (Wildman–Crippen LogP) is 3.68. The summed E-state index contributed by atoms with van der Waals surface area (Å²) in [5, 5.41) is 4.24. The first-order chi connectivity index (χ1) is 9.78. The third-order valence-electron chi connectivity index (χ3n) is 3.07. The maximum Gasteiger partial charge on any atom is 0.213 e. The van der Waals surface area contributed by atoms with E-state index in [1.807, 2.05) is 42.5 Å². The number of aromatic nitrogens is 1. The lowest BCUT2D eigenvalue weighted by atomic mass is 10.2. The van der Waals surface area contributed by atoms with Crippen LogP contribution in [0.4, 0.5) is 0 Å². The Bertz CT molecular complexity index is 502. The van der Waals surface area contributed by atoms with Crippen LogP contribution >= 0.6 is 11.6 Å². The molecule has 106 valence electrons. The van der Waals surface area contributed by atoms with Gasteiger partial charge in [0.05, 0.1) is 0 Å². The third kappa shape index (κ3) is 4.83. The molecule has 0 aliphatic rings. The van der Waals surface area contributed by atoms with Crippen LogP contribution in [0.5, 0.6) is 5.88 Å². The molecule has 4 heteroatoms. The van der Waals surface area contributed by atoms with E-state index in [0.717, 1.165) is 18.0 Å². The highest BCUT2D eigenvalue weighted by molar-refractivity contribution is 6.30. The zero-order valence-corrected chi connectivity index (χ0v) is 12.3. The van der Waals surface area contributed by atoms with E-state index in [-0.39, 0.29) is 0 Å². The van der Waals surface area contributed by atoms with E-state index < -0.39 is 0 Å². The summed E-state index contributed by atoms with van der Waals surface area (Å²) in [6, 6.07) is 13.8. The Hall–Kier alpha value is -1.58. The smallest absolute Gasteiger partial charge is 0.213 e. The number of ether oxygens (including phenoxy) is 1. The lowest BCUT2D eigenvalue weighted by Crippen LogP contribution is -2.33. The lowest BCUT2D eigenvalue weighted by molar-refractivity contribution is 0.251. The molecule has 2 rings (SSSR count). The number of nitrogens with one attached hydrogen (secondary N) is 1. The summed E-state index contributed by atoms with van der Waals surface area (Å²) in [4.78, 5) is 4.15. The molecule has 0 aliphatic carbocycles. The molecule has 3 nitrogen and oxygen atoms in total. The zero-order valence-electron chi connectivity index (χ0n) is 11.6. The molecule has 1 aromatic carbocycles. The average molecular weight is 291 g/mol. The van der Waals surface area contributed by atoms with Gasteiger partial charge in [-0.3, -0.25) is 0 Å². The molecular weight excluding hydrogens is 272 g/mol. The van der Waals surface area contributed by atoms with Crippen LogP contribution in [0.3, 0.4) is 0 Å². The third-order valence-corrected chi connectivity index (χ3v) is 3.32. The summed E-state index contributed by atoms with van der Waals surface area (Å²) in [5.41, 5.74) is 1.21. The van der Waals surface area contributed by atoms with Crippen molar-refractivity contribution in [2.24, 2.45) is 0 Å². The van der Waals surface area contributed by atoms with Crippen LogP contribution in [-0.2, 0) is 6.54 Å². The van der Waals surface area contributed by atoms with E-state index in [1.54, 1.807) is 6.20 Å². The monoisotopic (exact) mass is 290 g/mol. The number of nitrogens with zero attached hydrogens (tertiary/aromatic N) is 1. The van der Waals surface area contributed by atoms with Crippen molar-refractivity contribution in [2.75, 3.05) is 6.61 Å². The second-order valence-corrected chi connectivity index (χ2v) is 5.03. The summed E-state index contributed by atoms with van der Waals surface area (Å²) in [5.74, 6) is 0.666. The van der Waals surface area contributed by atoms with Gasteiger partial charge in [-0.2, -0.15) is 0 Å². The van der Waals surface area contributed by atoms with Crippen LogP contribution < -0.4 is 10.1 Å². The molecule has 1 atom stereocenters. The first kappa shape index (κ1) is 14.8. The Morgan fingerprint density at radius 1 is 1.20 bits per heavy atom. The Kier molecular flexibility index (Phi) is 5.84. The van der Waals surface area contributed by atoms with Crippen LogP contribution in [0, 0.1) is 0 Å². The molecule has 2 aromatic rings. The van der Waals surface area contributed by atoms with E-state index in [0.29, 0.717) is 18.5 Å². The molecule has 0 aliphatic heterocycles. The van der Waals surface area contributed by atoms with Gasteiger partial charge in [0.1, 0.15) is 6.61 Å². The standard InChI is InChI=1S/C16H19ClN2O/c1-2-15(12-20-16-5-3-4-10-18-16)19-11-13-6-8-14(17)9-7-13/h3-10,15,19H,2,11-12H2,1H3/t15-/m1/s1. The van der Waals surface area contributed by atoms with Crippen LogP contribution in [0.1, 0.15) is 18.9 Å². The van der Waals surface area contributed by atoms with Crippen molar-refractivity contribution in [3.63, 3.8) is 0 Å². The molecule has 0 radical (unpaired) electrons. The minimum atomic E-state index is 0.299. The van der Waals surface area contributed by atoms with E-state index in [9.17, 15) is 0 Å². The minimum absolute atomic E-state index is 0.299. The van der Waals surface area contributed by atoms with E-state index in [4.69, 9.17) is 16.3 Å². The van der Waals surface area contributed by atoms with E-state index in [1.165, 1.54) is 5.56 Å². The Balaban J connectivity index is 1.79. The number of halogens is 1. The molecule has 0 saturated carbocycles. The highest BCUT2D eigenvalue weighted by Gasteiger charge is 2.07. The lowest BCUT2D eigenvalue weighted by Gasteiger charge is -2.17. The molecule has 1 heterocycles. The van der Waals surface area contributed by atoms with Gasteiger partial charge in [-0.15, -0.1) is 0 Å². The summed E-state index contributed by atoms with van der Waals surface area (Å²) in [6.45, 7) is 3.56. The maximum absolute atomic E-state index is 5.87. The fraction of sp³-hybridized carbons (Fsp3) is 0.312. The highest BCUT2D eigenvalue weighted by atomic mass is 35.5. The molecule has 0 unspecified atom stereocenters. The van der Waals surface area contributed by atoms with Gasteiger partial charge in [0.2, 0.25) is 5.88 Å². The fourth-order valence-corrected chi connectivity index (χ4v) is 1.93. The largest absolute Gasteiger partial charge is 0.476 e. The highest BCUT2D eigenvalue weighted by Crippen LogP contribution is 2.10. The summed E-state index contributed by atoms with van der Waals surface area (Å²) in [6.07, 6.45) is 2.73. The number of hydrogen-bond acceptors (Lipinski definition) is 3. The van der Waals surface area contributed by atoms with Crippen molar-refractivity contribution in [3.05, 3.63) is 59.2 Å². The number of benzene rings is 1. The Morgan fingerprint density at radius 3 is 2.65 bits per heavy atom. The Labute approximate surface area is 124 Å². The second-order valence-electron chi connectivity index (χ2n) is 4.59.